The van der Waals surface area contributed by atoms with Crippen molar-refractivity contribution in [1.82, 2.24) is 4.98 Å². The van der Waals surface area contributed by atoms with Crippen LogP contribution in [0.15, 0.2) is 18.3 Å². The molecule has 0 aliphatic carbocycles. The SMILES string of the molecule is NCc1cc(N)ccn1. The van der Waals surface area contributed by atoms with Crippen molar-refractivity contribution in [3.63, 3.8) is 0 Å². The lowest BCUT2D eigenvalue weighted by Crippen LogP contribution is -1.99. The van der Waals surface area contributed by atoms with Gasteiger partial charge in [0.2, 0.25) is 0 Å². The van der Waals surface area contributed by atoms with Crippen LogP contribution in [0, 0.1) is 0 Å². The number of rotatable bonds is 1. The van der Waals surface area contributed by atoms with Crippen LogP contribution < -0.4 is 11.5 Å². The van der Waals surface area contributed by atoms with E-state index in [0.29, 0.717) is 12.2 Å². The van der Waals surface area contributed by atoms with E-state index in [1.165, 1.54) is 0 Å². The van der Waals surface area contributed by atoms with Crippen LogP contribution >= 0.6 is 0 Å². The lowest BCUT2D eigenvalue weighted by atomic mass is 10.3. The van der Waals surface area contributed by atoms with Gasteiger partial charge in [0.25, 0.3) is 0 Å². The Morgan fingerprint density at radius 3 is 2.78 bits per heavy atom. The molecule has 0 unspecified atom stereocenters. The summed E-state index contributed by atoms with van der Waals surface area (Å²) in [5.74, 6) is 0. The Kier molecular flexibility index (Phi) is 1.65. The van der Waals surface area contributed by atoms with Gasteiger partial charge in [0.05, 0.1) is 5.69 Å². The van der Waals surface area contributed by atoms with Crippen LogP contribution in [0.5, 0.6) is 0 Å². The predicted octanol–water partition coefficient (Wildman–Crippen LogP) is 0.122. The molecule has 0 aromatic carbocycles. The van der Waals surface area contributed by atoms with E-state index in [0.717, 1.165) is 5.69 Å². The van der Waals surface area contributed by atoms with E-state index in [2.05, 4.69) is 4.98 Å². The van der Waals surface area contributed by atoms with Gasteiger partial charge in [0.15, 0.2) is 0 Å². The zero-order valence-corrected chi connectivity index (χ0v) is 5.04. The number of nitrogen functional groups attached to an aromatic ring is 1. The van der Waals surface area contributed by atoms with Crippen molar-refractivity contribution < 1.29 is 0 Å². The summed E-state index contributed by atoms with van der Waals surface area (Å²) in [5.41, 5.74) is 12.3. The fraction of sp³-hybridized carbons (Fsp3) is 0.167. The molecular formula is C6H9N3. The molecule has 1 rings (SSSR count). The minimum Gasteiger partial charge on any atom is -0.399 e. The van der Waals surface area contributed by atoms with E-state index in [-0.39, 0.29) is 0 Å². The maximum absolute atomic E-state index is 5.44. The minimum atomic E-state index is 0.449. The zero-order valence-electron chi connectivity index (χ0n) is 5.04. The molecule has 9 heavy (non-hydrogen) atoms. The van der Waals surface area contributed by atoms with Crippen LogP contribution in [0.4, 0.5) is 5.69 Å². The highest BCUT2D eigenvalue weighted by Crippen LogP contribution is 2.00. The maximum atomic E-state index is 5.44. The number of hydrogen-bond donors (Lipinski definition) is 2. The summed E-state index contributed by atoms with van der Waals surface area (Å²) in [6.45, 7) is 0.449. The molecule has 3 heteroatoms. The first-order chi connectivity index (χ1) is 4.33. The monoisotopic (exact) mass is 123 g/mol. The third-order valence-electron chi connectivity index (χ3n) is 1.05. The van der Waals surface area contributed by atoms with E-state index >= 15 is 0 Å². The first kappa shape index (κ1) is 6.04. The average molecular weight is 123 g/mol. The highest BCUT2D eigenvalue weighted by Gasteiger charge is 1.88. The van der Waals surface area contributed by atoms with Crippen LogP contribution in [0.3, 0.4) is 0 Å². The van der Waals surface area contributed by atoms with Crippen molar-refractivity contribution in [2.45, 2.75) is 6.54 Å². The molecule has 0 amide bonds. The quantitative estimate of drug-likeness (QED) is 0.557. The van der Waals surface area contributed by atoms with Crippen LogP contribution in [0.1, 0.15) is 5.69 Å². The van der Waals surface area contributed by atoms with Gasteiger partial charge in [-0.25, -0.2) is 0 Å². The van der Waals surface area contributed by atoms with Gasteiger partial charge in [-0.1, -0.05) is 0 Å². The van der Waals surface area contributed by atoms with Crippen molar-refractivity contribution in [2.75, 3.05) is 5.73 Å². The molecule has 0 fully saturated rings. The highest BCUT2D eigenvalue weighted by molar-refractivity contribution is 5.36. The normalized spacial score (nSPS) is 9.44. The van der Waals surface area contributed by atoms with Crippen molar-refractivity contribution in [2.24, 2.45) is 5.73 Å². The van der Waals surface area contributed by atoms with Crippen LogP contribution in [-0.4, -0.2) is 4.98 Å². The maximum Gasteiger partial charge on any atom is 0.0559 e. The predicted molar refractivity (Wildman–Crippen MR) is 36.5 cm³/mol. The molecule has 48 valence electrons. The summed E-state index contributed by atoms with van der Waals surface area (Å²) in [7, 11) is 0. The summed E-state index contributed by atoms with van der Waals surface area (Å²) < 4.78 is 0. The van der Waals surface area contributed by atoms with Crippen molar-refractivity contribution in [1.29, 1.82) is 0 Å². The molecule has 1 heterocycles. The average Bonchev–Trinajstić information content (AvgIpc) is 1.88. The van der Waals surface area contributed by atoms with Crippen LogP contribution in [0.2, 0.25) is 0 Å². The van der Waals surface area contributed by atoms with Crippen molar-refractivity contribution in [3.8, 4) is 0 Å². The summed E-state index contributed by atoms with van der Waals surface area (Å²) in [6, 6.07) is 3.50. The third kappa shape index (κ3) is 1.40. The smallest absolute Gasteiger partial charge is 0.0559 e. The second-order valence-electron chi connectivity index (χ2n) is 1.78. The molecule has 0 atom stereocenters. The molecule has 1 aromatic heterocycles. The Hall–Kier alpha value is -1.09. The number of aromatic nitrogens is 1. The summed E-state index contributed by atoms with van der Waals surface area (Å²) in [4.78, 5) is 3.95. The molecule has 0 aliphatic rings. The molecule has 0 radical (unpaired) electrons. The third-order valence-corrected chi connectivity index (χ3v) is 1.05. The van der Waals surface area contributed by atoms with E-state index in [1.54, 1.807) is 18.3 Å². The molecule has 0 saturated carbocycles. The molecule has 0 spiro atoms. The minimum absolute atomic E-state index is 0.449. The standard InChI is InChI=1S/C6H9N3/c7-4-6-3-5(8)1-2-9-6/h1-3H,4,7H2,(H2,8,9). The topological polar surface area (TPSA) is 64.9 Å². The van der Waals surface area contributed by atoms with Crippen molar-refractivity contribution in [3.05, 3.63) is 24.0 Å². The van der Waals surface area contributed by atoms with Gasteiger partial charge in [0, 0.05) is 18.4 Å². The molecule has 0 saturated heterocycles. The Balaban J connectivity index is 2.94. The molecular weight excluding hydrogens is 114 g/mol. The van der Waals surface area contributed by atoms with Gasteiger partial charge in [0.1, 0.15) is 0 Å². The number of hydrogen-bond acceptors (Lipinski definition) is 3. The lowest BCUT2D eigenvalue weighted by Gasteiger charge is -1.94. The molecule has 0 bridgehead atoms. The number of nitrogens with two attached hydrogens (primary N) is 2. The number of anilines is 1. The molecule has 4 N–H and O–H groups in total. The first-order valence-electron chi connectivity index (χ1n) is 2.73. The van der Waals surface area contributed by atoms with E-state index in [4.69, 9.17) is 11.5 Å². The summed E-state index contributed by atoms with van der Waals surface area (Å²) in [6.07, 6.45) is 1.65. The fourth-order valence-electron chi connectivity index (χ4n) is 0.608. The molecule has 0 aliphatic heterocycles. The molecule has 1 aromatic rings. The Morgan fingerprint density at radius 2 is 2.33 bits per heavy atom. The number of nitrogens with zero attached hydrogens (tertiary/aromatic N) is 1. The van der Waals surface area contributed by atoms with Gasteiger partial charge in [-0.15, -0.1) is 0 Å². The summed E-state index contributed by atoms with van der Waals surface area (Å²) >= 11 is 0. The highest BCUT2D eigenvalue weighted by atomic mass is 14.7. The Labute approximate surface area is 53.7 Å². The first-order valence-corrected chi connectivity index (χ1v) is 2.73. The molecule has 3 nitrogen and oxygen atoms in total. The van der Waals surface area contributed by atoms with Crippen LogP contribution in [0.25, 0.3) is 0 Å². The van der Waals surface area contributed by atoms with Gasteiger partial charge < -0.3 is 11.5 Å². The largest absolute Gasteiger partial charge is 0.399 e. The van der Waals surface area contributed by atoms with E-state index < -0.39 is 0 Å². The van der Waals surface area contributed by atoms with Gasteiger partial charge in [-0.2, -0.15) is 0 Å². The van der Waals surface area contributed by atoms with Gasteiger partial charge >= 0.3 is 0 Å². The summed E-state index contributed by atoms with van der Waals surface area (Å²) in [5, 5.41) is 0. The van der Waals surface area contributed by atoms with E-state index in [1.807, 2.05) is 0 Å². The van der Waals surface area contributed by atoms with Gasteiger partial charge in [-0.3, -0.25) is 4.98 Å². The van der Waals surface area contributed by atoms with Crippen molar-refractivity contribution >= 4 is 5.69 Å². The fourth-order valence-corrected chi connectivity index (χ4v) is 0.608. The van der Waals surface area contributed by atoms with Crippen LogP contribution in [-0.2, 0) is 6.54 Å². The zero-order chi connectivity index (χ0) is 6.69. The Bertz CT molecular complexity index is 197. The van der Waals surface area contributed by atoms with Gasteiger partial charge in [-0.05, 0) is 12.1 Å². The lowest BCUT2D eigenvalue weighted by molar-refractivity contribution is 0.992. The second kappa shape index (κ2) is 2.46. The number of pyridine rings is 1. The Morgan fingerprint density at radius 1 is 1.56 bits per heavy atom. The van der Waals surface area contributed by atoms with E-state index in [9.17, 15) is 0 Å². The second-order valence-corrected chi connectivity index (χ2v) is 1.78.